The largest absolute Gasteiger partial charge is 0.494 e. The molecular weight excluding hydrogens is 613 g/mol. The maximum Gasteiger partial charge on any atom is 0.264 e. The van der Waals surface area contributed by atoms with E-state index in [4.69, 9.17) is 4.74 Å². The van der Waals surface area contributed by atoms with Gasteiger partial charge in [-0.1, -0.05) is 41.9 Å². The van der Waals surface area contributed by atoms with Gasteiger partial charge in [-0.05, 0) is 86.0 Å². The highest BCUT2D eigenvalue weighted by molar-refractivity contribution is 9.10. The maximum atomic E-state index is 13.9. The number of carbonyl (C=O) groups is 2. The molecule has 2 amide bonds. The molecule has 0 saturated heterocycles. The van der Waals surface area contributed by atoms with Gasteiger partial charge in [-0.15, -0.1) is 0 Å². The molecule has 1 atom stereocenters. The van der Waals surface area contributed by atoms with Gasteiger partial charge in [-0.2, -0.15) is 0 Å². The first-order valence-electron chi connectivity index (χ1n) is 13.2. The highest BCUT2D eigenvalue weighted by Crippen LogP contribution is 2.27. The number of nitrogens with zero attached hydrogens (tertiary/aromatic N) is 2. The Labute approximate surface area is 249 Å². The van der Waals surface area contributed by atoms with E-state index in [2.05, 4.69) is 21.2 Å². The Balaban J connectivity index is 2.01. The zero-order valence-electron chi connectivity index (χ0n) is 23.5. The summed E-state index contributed by atoms with van der Waals surface area (Å²) in [5, 5.41) is 2.86. The Morgan fingerprint density at radius 2 is 1.56 bits per heavy atom. The number of carbonyl (C=O) groups excluding carboxylic acids is 2. The molecule has 0 aliphatic heterocycles. The number of ether oxygens (including phenoxy) is 1. The monoisotopic (exact) mass is 647 g/mol. The third-order valence-corrected chi connectivity index (χ3v) is 8.55. The van der Waals surface area contributed by atoms with Crippen molar-refractivity contribution in [1.82, 2.24) is 10.2 Å². The van der Waals surface area contributed by atoms with Crippen molar-refractivity contribution in [3.05, 3.63) is 88.6 Å². The van der Waals surface area contributed by atoms with Crippen LogP contribution in [-0.4, -0.2) is 50.9 Å². The second kappa shape index (κ2) is 14.5. The summed E-state index contributed by atoms with van der Waals surface area (Å²) in [5.41, 5.74) is 0.978. The average molecular weight is 649 g/mol. The van der Waals surface area contributed by atoms with Crippen LogP contribution in [0, 0.1) is 11.7 Å². The molecule has 0 spiro atoms. The Kier molecular flexibility index (Phi) is 11.3. The van der Waals surface area contributed by atoms with Crippen LogP contribution in [0.5, 0.6) is 5.75 Å². The summed E-state index contributed by atoms with van der Waals surface area (Å²) in [5.74, 6) is -0.779. The molecule has 0 aliphatic rings. The molecule has 0 heterocycles. The number of nitrogens with one attached hydrogen (secondary N) is 1. The zero-order chi connectivity index (χ0) is 30.2. The molecular formula is C30H35BrFN3O5S. The number of rotatable bonds is 13. The minimum absolute atomic E-state index is 0.0795. The van der Waals surface area contributed by atoms with Gasteiger partial charge in [0, 0.05) is 17.6 Å². The van der Waals surface area contributed by atoms with Gasteiger partial charge < -0.3 is 15.0 Å². The van der Waals surface area contributed by atoms with Gasteiger partial charge in [-0.25, -0.2) is 12.8 Å². The summed E-state index contributed by atoms with van der Waals surface area (Å²) in [4.78, 5) is 28.2. The van der Waals surface area contributed by atoms with Crippen molar-refractivity contribution < 1.29 is 27.1 Å². The van der Waals surface area contributed by atoms with E-state index in [0.717, 1.165) is 38.6 Å². The summed E-state index contributed by atoms with van der Waals surface area (Å²) in [6, 6.07) is 17.1. The van der Waals surface area contributed by atoms with Crippen LogP contribution in [0.25, 0.3) is 0 Å². The fraction of sp³-hybridized carbons (Fsp3) is 0.333. The standard InChI is InChI=1S/C30H35BrFN3O5S/c1-5-40-27-14-12-26(13-15-27)35(41(38,39)28-16-10-25(32)11-17-28)20-29(36)34(19-23-6-8-24(31)9-7-23)22(4)30(37)33-18-21(2)3/h6-17,21-22H,5,18-20H2,1-4H3,(H,33,37)/t22-/m0/s1. The van der Waals surface area contributed by atoms with E-state index in [1.165, 1.54) is 17.0 Å². The molecule has 3 aromatic carbocycles. The number of halogens is 2. The van der Waals surface area contributed by atoms with Crippen molar-refractivity contribution in [1.29, 1.82) is 0 Å². The minimum atomic E-state index is -4.30. The van der Waals surface area contributed by atoms with E-state index in [1.54, 1.807) is 19.1 Å². The topological polar surface area (TPSA) is 96.0 Å². The van der Waals surface area contributed by atoms with E-state index in [9.17, 15) is 22.4 Å². The number of sulfonamides is 1. The van der Waals surface area contributed by atoms with E-state index in [-0.39, 0.29) is 29.0 Å². The van der Waals surface area contributed by atoms with E-state index in [1.807, 2.05) is 45.0 Å². The lowest BCUT2D eigenvalue weighted by atomic mass is 10.1. The van der Waals surface area contributed by atoms with Crippen LogP contribution in [0.1, 0.15) is 33.3 Å². The molecule has 220 valence electrons. The van der Waals surface area contributed by atoms with Crippen LogP contribution in [0.4, 0.5) is 10.1 Å². The second-order valence-electron chi connectivity index (χ2n) is 9.86. The van der Waals surface area contributed by atoms with Crippen LogP contribution in [0.15, 0.2) is 82.2 Å². The third-order valence-electron chi connectivity index (χ3n) is 6.23. The summed E-state index contributed by atoms with van der Waals surface area (Å²) < 4.78 is 48.5. The molecule has 0 saturated carbocycles. The SMILES string of the molecule is CCOc1ccc(N(CC(=O)N(Cc2ccc(Br)cc2)[C@@H](C)C(=O)NCC(C)C)S(=O)(=O)c2ccc(F)cc2)cc1. The van der Waals surface area contributed by atoms with Crippen molar-refractivity contribution in [2.24, 2.45) is 5.92 Å². The van der Waals surface area contributed by atoms with Crippen LogP contribution in [-0.2, 0) is 26.2 Å². The molecule has 8 nitrogen and oxygen atoms in total. The lowest BCUT2D eigenvalue weighted by Gasteiger charge is -2.32. The summed E-state index contributed by atoms with van der Waals surface area (Å²) >= 11 is 3.40. The number of hydrogen-bond acceptors (Lipinski definition) is 5. The lowest BCUT2D eigenvalue weighted by molar-refractivity contribution is -0.139. The third kappa shape index (κ3) is 8.77. The van der Waals surface area contributed by atoms with Crippen molar-refractivity contribution in [3.63, 3.8) is 0 Å². The van der Waals surface area contributed by atoms with Gasteiger partial charge in [-0.3, -0.25) is 13.9 Å². The molecule has 0 aromatic heterocycles. The van der Waals surface area contributed by atoms with Crippen molar-refractivity contribution in [2.75, 3.05) is 24.0 Å². The molecule has 1 N–H and O–H groups in total. The summed E-state index contributed by atoms with van der Waals surface area (Å²) in [6.45, 7) is 7.72. The van der Waals surface area contributed by atoms with E-state index >= 15 is 0 Å². The Morgan fingerprint density at radius 1 is 0.951 bits per heavy atom. The van der Waals surface area contributed by atoms with Gasteiger partial charge in [0.25, 0.3) is 10.0 Å². The Bertz CT molecular complexity index is 1420. The first-order chi connectivity index (χ1) is 19.4. The van der Waals surface area contributed by atoms with Gasteiger partial charge in [0.15, 0.2) is 0 Å². The minimum Gasteiger partial charge on any atom is -0.494 e. The van der Waals surface area contributed by atoms with Crippen molar-refractivity contribution >= 4 is 43.5 Å². The molecule has 0 aliphatic carbocycles. The van der Waals surface area contributed by atoms with Crippen molar-refractivity contribution in [3.8, 4) is 5.75 Å². The molecule has 0 unspecified atom stereocenters. The van der Waals surface area contributed by atoms with E-state index in [0.29, 0.717) is 18.9 Å². The van der Waals surface area contributed by atoms with Crippen molar-refractivity contribution in [2.45, 2.75) is 45.2 Å². The normalized spacial score (nSPS) is 12.1. The quantitative estimate of drug-likeness (QED) is 0.269. The first-order valence-corrected chi connectivity index (χ1v) is 15.5. The van der Waals surface area contributed by atoms with Crippen LogP contribution in [0.2, 0.25) is 0 Å². The molecule has 3 aromatic rings. The second-order valence-corrected chi connectivity index (χ2v) is 12.6. The zero-order valence-corrected chi connectivity index (χ0v) is 25.9. The molecule has 11 heteroatoms. The highest BCUT2D eigenvalue weighted by atomic mass is 79.9. The smallest absolute Gasteiger partial charge is 0.264 e. The molecule has 0 bridgehead atoms. The molecule has 41 heavy (non-hydrogen) atoms. The number of hydrogen-bond donors (Lipinski definition) is 1. The summed E-state index contributed by atoms with van der Waals surface area (Å²) in [7, 11) is -4.30. The number of amides is 2. The lowest BCUT2D eigenvalue weighted by Crippen LogP contribution is -2.51. The van der Waals surface area contributed by atoms with Gasteiger partial charge >= 0.3 is 0 Å². The average Bonchev–Trinajstić information content (AvgIpc) is 2.94. The van der Waals surface area contributed by atoms with Gasteiger partial charge in [0.2, 0.25) is 11.8 Å². The van der Waals surface area contributed by atoms with Crippen LogP contribution in [0.3, 0.4) is 0 Å². The van der Waals surface area contributed by atoms with Gasteiger partial charge in [0.05, 0.1) is 17.2 Å². The molecule has 3 rings (SSSR count). The first kappa shape index (κ1) is 32.1. The summed E-state index contributed by atoms with van der Waals surface area (Å²) in [6.07, 6.45) is 0. The number of benzene rings is 3. The highest BCUT2D eigenvalue weighted by Gasteiger charge is 2.32. The fourth-order valence-electron chi connectivity index (χ4n) is 3.96. The maximum absolute atomic E-state index is 13.9. The van der Waals surface area contributed by atoms with Gasteiger partial charge in [0.1, 0.15) is 24.2 Å². The van der Waals surface area contributed by atoms with Crippen LogP contribution >= 0.6 is 15.9 Å². The predicted molar refractivity (Wildman–Crippen MR) is 161 cm³/mol. The fourth-order valence-corrected chi connectivity index (χ4v) is 5.64. The Morgan fingerprint density at radius 3 is 2.12 bits per heavy atom. The number of anilines is 1. The Hall–Kier alpha value is -3.44. The van der Waals surface area contributed by atoms with Crippen LogP contribution < -0.4 is 14.4 Å². The molecule has 0 radical (unpaired) electrons. The predicted octanol–water partition coefficient (Wildman–Crippen LogP) is 5.37. The molecule has 0 fully saturated rings. The van der Waals surface area contributed by atoms with E-state index < -0.39 is 34.3 Å².